The normalized spacial score (nSPS) is 13.3. The van der Waals surface area contributed by atoms with E-state index >= 15 is 0 Å². The molecule has 1 saturated carbocycles. The first-order valence-electron chi connectivity index (χ1n) is 10.1. The molecule has 4 nitrogen and oxygen atoms in total. The molecule has 1 aromatic heterocycles. The average Bonchev–Trinajstić information content (AvgIpc) is 3.52. The molecule has 0 aliphatic heterocycles. The van der Waals surface area contributed by atoms with Crippen molar-refractivity contribution < 1.29 is 4.79 Å². The van der Waals surface area contributed by atoms with Crippen LogP contribution in [0.15, 0.2) is 48.5 Å². The zero-order chi connectivity index (χ0) is 21.8. The molecular formula is C23H23Cl2N3OS2. The number of thiazole rings is 1. The number of hydrogen-bond acceptors (Lipinski definition) is 5. The van der Waals surface area contributed by atoms with Gasteiger partial charge in [0.2, 0.25) is 0 Å². The van der Waals surface area contributed by atoms with Crippen LogP contribution in [0.25, 0.3) is 0 Å². The predicted octanol–water partition coefficient (Wildman–Crippen LogP) is 6.55. The highest BCUT2D eigenvalue weighted by atomic mass is 35.5. The van der Waals surface area contributed by atoms with Gasteiger partial charge in [-0.05, 0) is 73.5 Å². The lowest BCUT2D eigenvalue weighted by Gasteiger charge is -2.22. The van der Waals surface area contributed by atoms with Crippen LogP contribution in [0.4, 0.5) is 5.13 Å². The molecular weight excluding hydrogens is 469 g/mol. The van der Waals surface area contributed by atoms with Crippen molar-refractivity contribution in [3.8, 4) is 0 Å². The summed E-state index contributed by atoms with van der Waals surface area (Å²) in [5, 5.41) is 2.86. The summed E-state index contributed by atoms with van der Waals surface area (Å²) in [6.07, 6.45) is 3.19. The second-order valence-electron chi connectivity index (χ2n) is 7.57. The van der Waals surface area contributed by atoms with E-state index < -0.39 is 0 Å². The second kappa shape index (κ2) is 10.3. The molecule has 0 atom stereocenters. The van der Waals surface area contributed by atoms with Gasteiger partial charge >= 0.3 is 0 Å². The van der Waals surface area contributed by atoms with E-state index in [1.165, 1.54) is 30.4 Å². The van der Waals surface area contributed by atoms with Crippen molar-refractivity contribution in [3.05, 3.63) is 80.3 Å². The molecule has 0 radical (unpaired) electrons. The van der Waals surface area contributed by atoms with Gasteiger partial charge in [-0.15, -0.1) is 11.3 Å². The van der Waals surface area contributed by atoms with Crippen molar-refractivity contribution in [2.24, 2.45) is 0 Å². The van der Waals surface area contributed by atoms with Crippen molar-refractivity contribution in [1.82, 2.24) is 9.71 Å². The molecule has 2 aromatic carbocycles. The van der Waals surface area contributed by atoms with E-state index in [4.69, 9.17) is 28.2 Å². The van der Waals surface area contributed by atoms with Gasteiger partial charge in [0.1, 0.15) is 5.69 Å². The van der Waals surface area contributed by atoms with E-state index in [1.54, 1.807) is 11.3 Å². The van der Waals surface area contributed by atoms with E-state index in [0.29, 0.717) is 22.5 Å². The molecule has 0 unspecified atom stereocenters. The molecule has 8 heteroatoms. The fourth-order valence-corrected chi connectivity index (χ4v) is 4.99. The summed E-state index contributed by atoms with van der Waals surface area (Å²) in [5.74, 6) is -0.110. The fraction of sp³-hybridized carbons (Fsp3) is 0.304. The summed E-state index contributed by atoms with van der Waals surface area (Å²) in [6.45, 7) is 3.42. The van der Waals surface area contributed by atoms with Crippen LogP contribution >= 0.6 is 46.5 Å². The number of anilines is 1. The van der Waals surface area contributed by atoms with Crippen molar-refractivity contribution in [2.45, 2.75) is 38.0 Å². The third-order valence-corrected chi connectivity index (χ3v) is 7.63. The monoisotopic (exact) mass is 491 g/mol. The highest BCUT2D eigenvalue weighted by Crippen LogP contribution is 2.33. The first kappa shape index (κ1) is 22.5. The molecule has 1 heterocycles. The molecule has 1 aliphatic carbocycles. The lowest BCUT2D eigenvalue weighted by atomic mass is 10.1. The summed E-state index contributed by atoms with van der Waals surface area (Å²) in [7, 11) is 0. The van der Waals surface area contributed by atoms with E-state index in [-0.39, 0.29) is 5.91 Å². The topological polar surface area (TPSA) is 45.2 Å². The zero-order valence-corrected chi connectivity index (χ0v) is 20.3. The van der Waals surface area contributed by atoms with Crippen LogP contribution in [0.2, 0.25) is 10.0 Å². The van der Waals surface area contributed by atoms with E-state index in [0.717, 1.165) is 33.6 Å². The summed E-state index contributed by atoms with van der Waals surface area (Å²) in [5.41, 5.74) is 2.86. The van der Waals surface area contributed by atoms with E-state index in [9.17, 15) is 4.79 Å². The lowest BCUT2D eigenvalue weighted by molar-refractivity contribution is 0.0979. The largest absolute Gasteiger partial charge is 0.343 e. The van der Waals surface area contributed by atoms with Gasteiger partial charge in [0, 0.05) is 33.3 Å². The first-order valence-corrected chi connectivity index (χ1v) is 12.6. The molecule has 0 spiro atoms. The third-order valence-electron chi connectivity index (χ3n) is 4.98. The standard InChI is InChI=1S/C23H23Cl2N3OS2/c1-15-21(22(29)27-31-20-10-11-20)26-23(30-15)28(14-17-4-8-19(25)9-5-17)13-12-16-2-6-18(24)7-3-16/h2-9,20H,10-14H2,1H3,(H,27,29). The Hall–Kier alpha value is -1.73. The lowest BCUT2D eigenvalue weighted by Crippen LogP contribution is -2.25. The van der Waals surface area contributed by atoms with E-state index in [2.05, 4.69) is 9.62 Å². The Morgan fingerprint density at radius 1 is 1.10 bits per heavy atom. The number of nitrogens with zero attached hydrogens (tertiary/aromatic N) is 2. The SMILES string of the molecule is Cc1sc(N(CCc2ccc(Cl)cc2)Cc2ccc(Cl)cc2)nc1C(=O)NSC1CC1. The highest BCUT2D eigenvalue weighted by Gasteiger charge is 2.25. The molecule has 0 saturated heterocycles. The Morgan fingerprint density at radius 2 is 1.71 bits per heavy atom. The maximum Gasteiger partial charge on any atom is 0.280 e. The number of benzene rings is 2. The number of nitrogens with one attached hydrogen (secondary N) is 1. The van der Waals surface area contributed by atoms with Crippen LogP contribution in [0.3, 0.4) is 0 Å². The van der Waals surface area contributed by atoms with Crippen molar-refractivity contribution in [1.29, 1.82) is 0 Å². The maximum absolute atomic E-state index is 12.6. The minimum absolute atomic E-state index is 0.110. The van der Waals surface area contributed by atoms with Gasteiger partial charge in [-0.25, -0.2) is 4.98 Å². The predicted molar refractivity (Wildman–Crippen MR) is 133 cm³/mol. The number of amides is 1. The maximum atomic E-state index is 12.6. The van der Waals surface area contributed by atoms with Crippen LogP contribution in [-0.2, 0) is 13.0 Å². The minimum atomic E-state index is -0.110. The first-order chi connectivity index (χ1) is 15.0. The number of carbonyl (C=O) groups excluding carboxylic acids is 1. The number of rotatable bonds is 9. The Balaban J connectivity index is 1.52. The Bertz CT molecular complexity index is 1030. The highest BCUT2D eigenvalue weighted by molar-refractivity contribution is 7.98. The number of carbonyl (C=O) groups is 1. The molecule has 3 aromatic rings. The number of aromatic nitrogens is 1. The molecule has 0 bridgehead atoms. The zero-order valence-electron chi connectivity index (χ0n) is 17.1. The van der Waals surface area contributed by atoms with Crippen LogP contribution in [0, 0.1) is 6.92 Å². The minimum Gasteiger partial charge on any atom is -0.343 e. The number of hydrogen-bond donors (Lipinski definition) is 1. The Morgan fingerprint density at radius 3 is 2.32 bits per heavy atom. The Labute approximate surface area is 201 Å². The van der Waals surface area contributed by atoms with Crippen LogP contribution < -0.4 is 9.62 Å². The van der Waals surface area contributed by atoms with Crippen LogP contribution in [-0.4, -0.2) is 22.7 Å². The number of halogens is 2. The van der Waals surface area contributed by atoms with Crippen molar-refractivity contribution in [2.75, 3.05) is 11.4 Å². The third kappa shape index (κ3) is 6.39. The molecule has 1 amide bonds. The smallest absolute Gasteiger partial charge is 0.280 e. The Kier molecular flexibility index (Phi) is 7.43. The van der Waals surface area contributed by atoms with Gasteiger partial charge in [0.05, 0.1) is 0 Å². The molecule has 31 heavy (non-hydrogen) atoms. The summed E-state index contributed by atoms with van der Waals surface area (Å²) in [4.78, 5) is 20.5. The summed E-state index contributed by atoms with van der Waals surface area (Å²) < 4.78 is 2.95. The van der Waals surface area contributed by atoms with Crippen LogP contribution in [0.5, 0.6) is 0 Å². The average molecular weight is 492 g/mol. The van der Waals surface area contributed by atoms with Gasteiger partial charge in [-0.3, -0.25) is 9.52 Å². The summed E-state index contributed by atoms with van der Waals surface area (Å²) in [6, 6.07) is 15.8. The van der Waals surface area contributed by atoms with Gasteiger partial charge in [-0.2, -0.15) is 0 Å². The second-order valence-corrected chi connectivity index (χ2v) is 10.7. The molecule has 1 aliphatic rings. The van der Waals surface area contributed by atoms with Gasteiger partial charge in [-0.1, -0.05) is 47.5 Å². The fourth-order valence-electron chi connectivity index (χ4n) is 3.07. The van der Waals surface area contributed by atoms with Gasteiger partial charge in [0.15, 0.2) is 5.13 Å². The van der Waals surface area contributed by atoms with Crippen molar-refractivity contribution in [3.63, 3.8) is 0 Å². The molecule has 162 valence electrons. The molecule has 4 rings (SSSR count). The summed E-state index contributed by atoms with van der Waals surface area (Å²) >= 11 is 15.1. The molecule has 1 fully saturated rings. The quantitative estimate of drug-likeness (QED) is 0.344. The van der Waals surface area contributed by atoms with Gasteiger partial charge in [0.25, 0.3) is 5.91 Å². The van der Waals surface area contributed by atoms with Crippen molar-refractivity contribution >= 4 is 57.5 Å². The molecule has 1 N–H and O–H groups in total. The van der Waals surface area contributed by atoms with Crippen LogP contribution in [0.1, 0.15) is 39.3 Å². The van der Waals surface area contributed by atoms with Gasteiger partial charge < -0.3 is 4.90 Å². The number of aryl methyl sites for hydroxylation is 1. The van der Waals surface area contributed by atoms with E-state index in [1.807, 2.05) is 55.5 Å².